The van der Waals surface area contributed by atoms with Crippen molar-refractivity contribution in [2.75, 3.05) is 45.9 Å². The van der Waals surface area contributed by atoms with E-state index in [-0.39, 0.29) is 5.91 Å². The highest BCUT2D eigenvalue weighted by molar-refractivity contribution is 5.95. The maximum atomic E-state index is 13.0. The van der Waals surface area contributed by atoms with Crippen molar-refractivity contribution < 1.29 is 14.3 Å². The minimum Gasteiger partial charge on any atom is -0.490 e. The second-order valence-corrected chi connectivity index (χ2v) is 7.60. The lowest BCUT2D eigenvalue weighted by atomic mass is 10.1. The van der Waals surface area contributed by atoms with Gasteiger partial charge in [0.15, 0.2) is 11.5 Å². The van der Waals surface area contributed by atoms with E-state index in [1.165, 1.54) is 18.4 Å². The molecule has 0 bridgehead atoms. The van der Waals surface area contributed by atoms with Crippen molar-refractivity contribution in [3.63, 3.8) is 0 Å². The number of aryl methyl sites for hydroxylation is 1. The lowest BCUT2D eigenvalue weighted by Crippen LogP contribution is -2.48. The SMILES string of the molecule is CCOc1ccc(C(=O)N2CCN(CCCCc3ccccc3)CC2)cc1OCC. The molecule has 3 rings (SSSR count). The van der Waals surface area contributed by atoms with Gasteiger partial charge in [0.25, 0.3) is 5.91 Å². The van der Waals surface area contributed by atoms with Gasteiger partial charge in [-0.1, -0.05) is 30.3 Å². The van der Waals surface area contributed by atoms with Crippen LogP contribution in [0.3, 0.4) is 0 Å². The van der Waals surface area contributed by atoms with Crippen molar-refractivity contribution in [3.05, 3.63) is 59.7 Å². The van der Waals surface area contributed by atoms with Crippen molar-refractivity contribution in [2.24, 2.45) is 0 Å². The van der Waals surface area contributed by atoms with E-state index >= 15 is 0 Å². The molecule has 0 unspecified atom stereocenters. The van der Waals surface area contributed by atoms with Gasteiger partial charge in [0, 0.05) is 31.7 Å². The molecule has 5 heteroatoms. The highest BCUT2D eigenvalue weighted by Gasteiger charge is 2.23. The number of ether oxygens (including phenoxy) is 2. The van der Waals surface area contributed by atoms with Crippen LogP contribution in [0.2, 0.25) is 0 Å². The highest BCUT2D eigenvalue weighted by Crippen LogP contribution is 2.29. The van der Waals surface area contributed by atoms with Gasteiger partial charge in [0.05, 0.1) is 13.2 Å². The molecule has 162 valence electrons. The van der Waals surface area contributed by atoms with E-state index < -0.39 is 0 Å². The fourth-order valence-electron chi connectivity index (χ4n) is 3.85. The van der Waals surface area contributed by atoms with Gasteiger partial charge < -0.3 is 14.4 Å². The Bertz CT molecular complexity index is 786. The maximum Gasteiger partial charge on any atom is 0.254 e. The van der Waals surface area contributed by atoms with Gasteiger partial charge in [-0.2, -0.15) is 0 Å². The molecule has 2 aromatic carbocycles. The average molecular weight is 411 g/mol. The van der Waals surface area contributed by atoms with Crippen LogP contribution >= 0.6 is 0 Å². The molecule has 1 heterocycles. The first-order chi connectivity index (χ1) is 14.7. The number of unbranched alkanes of at least 4 members (excludes halogenated alkanes) is 1. The molecule has 0 aromatic heterocycles. The summed E-state index contributed by atoms with van der Waals surface area (Å²) in [5.41, 5.74) is 2.08. The van der Waals surface area contributed by atoms with Crippen LogP contribution in [0, 0.1) is 0 Å². The third-order valence-electron chi connectivity index (χ3n) is 5.48. The van der Waals surface area contributed by atoms with Crippen LogP contribution in [0.4, 0.5) is 0 Å². The van der Waals surface area contributed by atoms with E-state index in [2.05, 4.69) is 35.2 Å². The fourth-order valence-corrected chi connectivity index (χ4v) is 3.85. The van der Waals surface area contributed by atoms with Crippen molar-refractivity contribution >= 4 is 5.91 Å². The van der Waals surface area contributed by atoms with Gasteiger partial charge >= 0.3 is 0 Å². The molecule has 30 heavy (non-hydrogen) atoms. The zero-order chi connectivity index (χ0) is 21.2. The predicted octanol–water partition coefficient (Wildman–Crippen LogP) is 4.26. The van der Waals surface area contributed by atoms with Crippen LogP contribution in [0.5, 0.6) is 11.5 Å². The number of hydrogen-bond acceptors (Lipinski definition) is 4. The van der Waals surface area contributed by atoms with Crippen LogP contribution in [-0.2, 0) is 6.42 Å². The molecule has 1 aliphatic heterocycles. The maximum absolute atomic E-state index is 13.0. The Morgan fingerprint density at radius 1 is 0.867 bits per heavy atom. The van der Waals surface area contributed by atoms with E-state index in [4.69, 9.17) is 9.47 Å². The monoisotopic (exact) mass is 410 g/mol. The van der Waals surface area contributed by atoms with E-state index in [1.54, 1.807) is 0 Å². The predicted molar refractivity (Wildman–Crippen MR) is 121 cm³/mol. The lowest BCUT2D eigenvalue weighted by molar-refractivity contribution is 0.0635. The Balaban J connectivity index is 1.45. The van der Waals surface area contributed by atoms with Crippen molar-refractivity contribution in [3.8, 4) is 11.5 Å². The Morgan fingerprint density at radius 2 is 1.57 bits per heavy atom. The summed E-state index contributed by atoms with van der Waals surface area (Å²) in [4.78, 5) is 17.4. The molecule has 0 atom stereocenters. The number of hydrogen-bond donors (Lipinski definition) is 0. The molecule has 5 nitrogen and oxygen atoms in total. The first kappa shape index (κ1) is 22.2. The topological polar surface area (TPSA) is 42.0 Å². The molecule has 0 aliphatic carbocycles. The second kappa shape index (κ2) is 11.6. The molecule has 0 radical (unpaired) electrons. The van der Waals surface area contributed by atoms with Crippen molar-refractivity contribution in [1.82, 2.24) is 9.80 Å². The summed E-state index contributed by atoms with van der Waals surface area (Å²) in [6.45, 7) is 9.51. The first-order valence-corrected chi connectivity index (χ1v) is 11.2. The molecule has 2 aromatic rings. The van der Waals surface area contributed by atoms with Gasteiger partial charge in [0.1, 0.15) is 0 Å². The smallest absolute Gasteiger partial charge is 0.254 e. The van der Waals surface area contributed by atoms with Gasteiger partial charge in [-0.15, -0.1) is 0 Å². The number of carbonyl (C=O) groups is 1. The number of piperazine rings is 1. The summed E-state index contributed by atoms with van der Waals surface area (Å²) in [5.74, 6) is 1.40. The Kier molecular flexibility index (Phi) is 8.57. The molecule has 0 N–H and O–H groups in total. The molecule has 1 saturated heterocycles. The van der Waals surface area contributed by atoms with Crippen LogP contribution in [0.15, 0.2) is 48.5 Å². The number of benzene rings is 2. The quantitative estimate of drug-likeness (QED) is 0.549. The van der Waals surface area contributed by atoms with Crippen LogP contribution < -0.4 is 9.47 Å². The molecule has 0 spiro atoms. The van der Waals surface area contributed by atoms with Crippen LogP contribution in [0.25, 0.3) is 0 Å². The van der Waals surface area contributed by atoms with Crippen LogP contribution in [0.1, 0.15) is 42.6 Å². The Labute approximate surface area is 180 Å². The number of carbonyl (C=O) groups excluding carboxylic acids is 1. The Morgan fingerprint density at radius 3 is 2.27 bits per heavy atom. The molecular weight excluding hydrogens is 376 g/mol. The third kappa shape index (κ3) is 6.23. The summed E-state index contributed by atoms with van der Waals surface area (Å²) in [6, 6.07) is 16.2. The number of amides is 1. The normalized spacial score (nSPS) is 14.5. The van der Waals surface area contributed by atoms with Crippen molar-refractivity contribution in [2.45, 2.75) is 33.1 Å². The summed E-state index contributed by atoms with van der Waals surface area (Å²) in [5, 5.41) is 0. The van der Waals surface area contributed by atoms with E-state index in [0.717, 1.165) is 39.1 Å². The lowest BCUT2D eigenvalue weighted by Gasteiger charge is -2.34. The van der Waals surface area contributed by atoms with Gasteiger partial charge in [-0.3, -0.25) is 9.69 Å². The van der Waals surface area contributed by atoms with Crippen LogP contribution in [-0.4, -0.2) is 61.6 Å². The second-order valence-electron chi connectivity index (χ2n) is 7.60. The summed E-state index contributed by atoms with van der Waals surface area (Å²) in [7, 11) is 0. The standard InChI is InChI=1S/C25H34N2O3/c1-3-29-23-14-13-22(20-24(23)30-4-2)25(28)27-18-16-26(17-19-27)15-9-8-12-21-10-6-5-7-11-21/h5-7,10-11,13-14,20H,3-4,8-9,12,15-19H2,1-2H3. The summed E-state index contributed by atoms with van der Waals surface area (Å²) in [6.07, 6.45) is 3.54. The summed E-state index contributed by atoms with van der Waals surface area (Å²) < 4.78 is 11.3. The molecule has 1 aliphatic rings. The zero-order valence-electron chi connectivity index (χ0n) is 18.3. The molecular formula is C25H34N2O3. The van der Waals surface area contributed by atoms with Gasteiger partial charge in [-0.25, -0.2) is 0 Å². The average Bonchev–Trinajstić information content (AvgIpc) is 2.79. The molecule has 1 fully saturated rings. The van der Waals surface area contributed by atoms with E-state index in [1.807, 2.05) is 36.9 Å². The minimum absolute atomic E-state index is 0.0720. The molecule has 0 saturated carbocycles. The van der Waals surface area contributed by atoms with Crippen molar-refractivity contribution in [1.29, 1.82) is 0 Å². The molecule has 1 amide bonds. The summed E-state index contributed by atoms with van der Waals surface area (Å²) >= 11 is 0. The highest BCUT2D eigenvalue weighted by atomic mass is 16.5. The minimum atomic E-state index is 0.0720. The third-order valence-corrected chi connectivity index (χ3v) is 5.48. The number of rotatable bonds is 10. The Hall–Kier alpha value is -2.53. The first-order valence-electron chi connectivity index (χ1n) is 11.2. The zero-order valence-corrected chi connectivity index (χ0v) is 18.3. The fraction of sp³-hybridized carbons (Fsp3) is 0.480. The van der Waals surface area contributed by atoms with Gasteiger partial charge in [0.2, 0.25) is 0 Å². The largest absolute Gasteiger partial charge is 0.490 e. The number of nitrogens with zero attached hydrogens (tertiary/aromatic N) is 2. The van der Waals surface area contributed by atoms with E-state index in [9.17, 15) is 4.79 Å². The van der Waals surface area contributed by atoms with Gasteiger partial charge in [-0.05, 0) is 63.4 Å². The van der Waals surface area contributed by atoms with E-state index in [0.29, 0.717) is 30.3 Å².